The van der Waals surface area contributed by atoms with Gasteiger partial charge in [-0.3, -0.25) is 0 Å². The van der Waals surface area contributed by atoms with Gasteiger partial charge in [-0.1, -0.05) is 97.1 Å². The fourth-order valence-electron chi connectivity index (χ4n) is 4.84. The molecule has 160 valence electrons. The third-order valence-corrected chi connectivity index (χ3v) is 6.49. The molecular weight excluding hydrogens is 412 g/mol. The first kappa shape index (κ1) is 20.0. The first-order chi connectivity index (χ1) is 16.8. The van der Waals surface area contributed by atoms with Gasteiger partial charge in [0.1, 0.15) is 0 Å². The quantitative estimate of drug-likeness (QED) is 0.258. The van der Waals surface area contributed by atoms with Crippen molar-refractivity contribution in [3.05, 3.63) is 132 Å². The van der Waals surface area contributed by atoms with E-state index in [1.807, 2.05) is 30.3 Å². The molecule has 0 amide bonds. The van der Waals surface area contributed by atoms with Crippen molar-refractivity contribution in [3.8, 4) is 6.07 Å². The highest BCUT2D eigenvalue weighted by molar-refractivity contribution is 6.04. The number of nitrogens with zero attached hydrogens (tertiary/aromatic N) is 2. The zero-order valence-electron chi connectivity index (χ0n) is 18.6. The lowest BCUT2D eigenvalue weighted by molar-refractivity contribution is 0.837. The minimum absolute atomic E-state index is 0.672. The van der Waals surface area contributed by atoms with Crippen LogP contribution in [0.25, 0.3) is 44.1 Å². The summed E-state index contributed by atoms with van der Waals surface area (Å²) in [7, 11) is 0. The Labute approximate surface area is 198 Å². The van der Waals surface area contributed by atoms with Crippen molar-refractivity contribution in [1.82, 2.24) is 4.57 Å². The van der Waals surface area contributed by atoms with Crippen LogP contribution < -0.4 is 0 Å². The topological polar surface area (TPSA) is 28.7 Å². The summed E-state index contributed by atoms with van der Waals surface area (Å²) in [6.07, 6.45) is 4.20. The molecule has 1 aromatic heterocycles. The summed E-state index contributed by atoms with van der Waals surface area (Å²) < 4.78 is 2.28. The Morgan fingerprint density at radius 1 is 0.706 bits per heavy atom. The Morgan fingerprint density at radius 2 is 1.41 bits per heavy atom. The van der Waals surface area contributed by atoms with Gasteiger partial charge < -0.3 is 4.57 Å². The van der Waals surface area contributed by atoms with Gasteiger partial charge in [0.15, 0.2) is 0 Å². The maximum Gasteiger partial charge on any atom is 0.0998 e. The van der Waals surface area contributed by atoms with E-state index in [-0.39, 0.29) is 0 Å². The van der Waals surface area contributed by atoms with E-state index in [0.717, 1.165) is 39.3 Å². The summed E-state index contributed by atoms with van der Waals surface area (Å²) >= 11 is 0. The second-order valence-electron chi connectivity index (χ2n) is 8.61. The Morgan fingerprint density at radius 3 is 2.26 bits per heavy atom. The van der Waals surface area contributed by atoms with Crippen molar-refractivity contribution in [2.45, 2.75) is 6.54 Å². The highest BCUT2D eigenvalue weighted by atomic mass is 15.0. The Kier molecular flexibility index (Phi) is 4.94. The van der Waals surface area contributed by atoms with Crippen LogP contribution in [0.5, 0.6) is 0 Å². The fourth-order valence-corrected chi connectivity index (χ4v) is 4.84. The number of nitriles is 1. The molecule has 2 nitrogen and oxygen atoms in total. The van der Waals surface area contributed by atoms with Gasteiger partial charge in [0, 0.05) is 34.8 Å². The zero-order chi connectivity index (χ0) is 22.9. The van der Waals surface area contributed by atoms with Crippen molar-refractivity contribution in [3.63, 3.8) is 0 Å². The highest BCUT2D eigenvalue weighted by Crippen LogP contribution is 2.30. The van der Waals surface area contributed by atoms with Crippen molar-refractivity contribution >= 4 is 44.1 Å². The molecular formula is C32H22N2. The standard InChI is InChI=1S/C32H22N2/c33-20-27(30-14-7-11-25-9-3-4-12-29(25)30)19-28-22-34(32-15-6-5-13-31(28)32)21-23-16-17-24-8-1-2-10-26(24)18-23/h1-19,22H,21H2/b27-19+. The number of aromatic nitrogens is 1. The van der Waals surface area contributed by atoms with Gasteiger partial charge in [-0.25, -0.2) is 0 Å². The summed E-state index contributed by atoms with van der Waals surface area (Å²) in [5.74, 6) is 0. The van der Waals surface area contributed by atoms with E-state index in [4.69, 9.17) is 0 Å². The van der Waals surface area contributed by atoms with Crippen LogP contribution in [0, 0.1) is 11.3 Å². The minimum Gasteiger partial charge on any atom is -0.342 e. The first-order valence-electron chi connectivity index (χ1n) is 11.5. The van der Waals surface area contributed by atoms with Crippen LogP contribution in [0.1, 0.15) is 16.7 Å². The normalized spacial score (nSPS) is 11.8. The SMILES string of the molecule is N#C/C(=C\c1cn(Cc2ccc3ccccc3c2)c2ccccc12)c1cccc2ccccc12. The maximum atomic E-state index is 10.1. The lowest BCUT2D eigenvalue weighted by Gasteiger charge is -2.07. The number of hydrogen-bond donors (Lipinski definition) is 0. The highest BCUT2D eigenvalue weighted by Gasteiger charge is 2.11. The molecule has 6 rings (SSSR count). The molecule has 34 heavy (non-hydrogen) atoms. The Balaban J connectivity index is 1.46. The Bertz CT molecular complexity index is 1740. The third kappa shape index (κ3) is 3.54. The second-order valence-corrected chi connectivity index (χ2v) is 8.61. The zero-order valence-corrected chi connectivity index (χ0v) is 18.6. The van der Waals surface area contributed by atoms with Crippen LogP contribution in [0.3, 0.4) is 0 Å². The average molecular weight is 435 g/mol. The second kappa shape index (κ2) is 8.39. The molecule has 6 aromatic rings. The lowest BCUT2D eigenvalue weighted by atomic mass is 9.97. The monoisotopic (exact) mass is 434 g/mol. The Hall–Kier alpha value is -4.61. The largest absolute Gasteiger partial charge is 0.342 e. The van der Waals surface area contributed by atoms with E-state index in [1.165, 1.54) is 16.3 Å². The fraction of sp³-hybridized carbons (Fsp3) is 0.0312. The summed E-state index contributed by atoms with van der Waals surface area (Å²) in [5, 5.41) is 16.0. The van der Waals surface area contributed by atoms with Crippen LogP contribution in [0.2, 0.25) is 0 Å². The minimum atomic E-state index is 0.672. The van der Waals surface area contributed by atoms with E-state index < -0.39 is 0 Å². The average Bonchev–Trinajstić information content (AvgIpc) is 3.24. The molecule has 1 heterocycles. The van der Waals surface area contributed by atoms with Crippen molar-refractivity contribution in [2.75, 3.05) is 0 Å². The van der Waals surface area contributed by atoms with Crippen LogP contribution in [-0.2, 0) is 6.54 Å². The molecule has 0 fully saturated rings. The van der Waals surface area contributed by atoms with Gasteiger partial charge in [0.2, 0.25) is 0 Å². The third-order valence-electron chi connectivity index (χ3n) is 6.49. The van der Waals surface area contributed by atoms with Crippen molar-refractivity contribution in [1.29, 1.82) is 5.26 Å². The molecule has 0 saturated carbocycles. The molecule has 0 aliphatic carbocycles. The molecule has 0 bridgehead atoms. The first-order valence-corrected chi connectivity index (χ1v) is 11.5. The van der Waals surface area contributed by atoms with Gasteiger partial charge in [0.25, 0.3) is 0 Å². The number of hydrogen-bond acceptors (Lipinski definition) is 1. The predicted molar refractivity (Wildman–Crippen MR) is 142 cm³/mol. The number of fused-ring (bicyclic) bond motifs is 3. The molecule has 0 N–H and O–H groups in total. The van der Waals surface area contributed by atoms with E-state index in [2.05, 4.69) is 102 Å². The van der Waals surface area contributed by atoms with Crippen LogP contribution in [0.15, 0.2) is 115 Å². The number of para-hydroxylation sites is 1. The molecule has 0 unspecified atom stereocenters. The summed E-state index contributed by atoms with van der Waals surface area (Å²) in [6.45, 7) is 0.773. The molecule has 0 aliphatic rings. The number of benzene rings is 5. The lowest BCUT2D eigenvalue weighted by Crippen LogP contribution is -1.97. The molecule has 0 atom stereocenters. The van der Waals surface area contributed by atoms with E-state index >= 15 is 0 Å². The van der Waals surface area contributed by atoms with Crippen molar-refractivity contribution in [2.24, 2.45) is 0 Å². The van der Waals surface area contributed by atoms with Crippen LogP contribution in [0.4, 0.5) is 0 Å². The molecule has 0 saturated heterocycles. The molecule has 2 heteroatoms. The maximum absolute atomic E-state index is 10.1. The summed E-state index contributed by atoms with van der Waals surface area (Å²) in [4.78, 5) is 0. The predicted octanol–water partition coefficient (Wildman–Crippen LogP) is 8.06. The van der Waals surface area contributed by atoms with Gasteiger partial charge in [-0.15, -0.1) is 0 Å². The van der Waals surface area contributed by atoms with E-state index in [9.17, 15) is 5.26 Å². The van der Waals surface area contributed by atoms with Gasteiger partial charge in [-0.2, -0.15) is 5.26 Å². The molecule has 0 spiro atoms. The van der Waals surface area contributed by atoms with E-state index in [0.29, 0.717) is 5.57 Å². The summed E-state index contributed by atoms with van der Waals surface area (Å²) in [6, 6.07) is 40.3. The molecule has 5 aromatic carbocycles. The smallest absolute Gasteiger partial charge is 0.0998 e. The molecule has 0 radical (unpaired) electrons. The summed E-state index contributed by atoms with van der Waals surface area (Å²) in [5.41, 5.74) is 5.11. The van der Waals surface area contributed by atoms with Gasteiger partial charge in [-0.05, 0) is 45.3 Å². The van der Waals surface area contributed by atoms with Crippen LogP contribution in [-0.4, -0.2) is 4.57 Å². The van der Waals surface area contributed by atoms with E-state index in [1.54, 1.807) is 0 Å². The van der Waals surface area contributed by atoms with Crippen LogP contribution >= 0.6 is 0 Å². The van der Waals surface area contributed by atoms with Gasteiger partial charge >= 0.3 is 0 Å². The van der Waals surface area contributed by atoms with Gasteiger partial charge in [0.05, 0.1) is 11.6 Å². The van der Waals surface area contributed by atoms with Crippen molar-refractivity contribution < 1.29 is 0 Å². The number of allylic oxidation sites excluding steroid dienone is 1. The molecule has 0 aliphatic heterocycles. The number of rotatable bonds is 4.